The zero-order valence-electron chi connectivity index (χ0n) is 26.2. The Labute approximate surface area is 255 Å². The first-order valence-electron chi connectivity index (χ1n) is 15.4. The maximum Gasteiger partial charge on any atom is 0.295 e. The number of carbonyl (C=O) groups is 2. The fraction of sp³-hybridized carbons (Fsp3) is 0.529. The summed E-state index contributed by atoms with van der Waals surface area (Å²) in [5.41, 5.74) is 2.01. The first-order chi connectivity index (χ1) is 20.7. The van der Waals surface area contributed by atoms with E-state index in [0.717, 1.165) is 43.7 Å². The summed E-state index contributed by atoms with van der Waals surface area (Å²) < 4.78 is 23.0. The highest BCUT2D eigenvalue weighted by Gasteiger charge is 2.46. The van der Waals surface area contributed by atoms with Crippen molar-refractivity contribution in [3.8, 4) is 17.2 Å². The van der Waals surface area contributed by atoms with Gasteiger partial charge in [-0.25, -0.2) is 0 Å². The number of ether oxygens (including phenoxy) is 4. The van der Waals surface area contributed by atoms with Gasteiger partial charge in [-0.2, -0.15) is 0 Å². The highest BCUT2D eigenvalue weighted by Crippen LogP contribution is 2.42. The Balaban J connectivity index is 1.71. The smallest absolute Gasteiger partial charge is 0.295 e. The molecule has 1 N–H and O–H groups in total. The summed E-state index contributed by atoms with van der Waals surface area (Å²) in [4.78, 5) is 30.9. The van der Waals surface area contributed by atoms with Crippen molar-refractivity contribution in [2.45, 2.75) is 53.0 Å². The minimum atomic E-state index is -0.791. The lowest BCUT2D eigenvalue weighted by Crippen LogP contribution is -2.42. The van der Waals surface area contributed by atoms with Gasteiger partial charge < -0.3 is 29.0 Å². The van der Waals surface area contributed by atoms with Crippen LogP contribution in [0.5, 0.6) is 17.2 Å². The van der Waals surface area contributed by atoms with Crippen LogP contribution in [0.1, 0.15) is 62.8 Å². The summed E-state index contributed by atoms with van der Waals surface area (Å²) in [6.07, 6.45) is 2.87. The Kier molecular flexibility index (Phi) is 11.5. The van der Waals surface area contributed by atoms with Crippen molar-refractivity contribution in [2.75, 3.05) is 59.7 Å². The minimum Gasteiger partial charge on any atom is -0.507 e. The average molecular weight is 595 g/mol. The Morgan fingerprint density at radius 2 is 1.72 bits per heavy atom. The van der Waals surface area contributed by atoms with Crippen molar-refractivity contribution in [3.63, 3.8) is 0 Å². The highest BCUT2D eigenvalue weighted by atomic mass is 16.5. The molecule has 1 amide bonds. The number of aryl methyl sites for hydroxylation is 1. The molecule has 2 aromatic rings. The minimum absolute atomic E-state index is 0.0570. The van der Waals surface area contributed by atoms with E-state index in [1.54, 1.807) is 36.3 Å². The molecule has 43 heavy (non-hydrogen) atoms. The molecule has 0 aromatic heterocycles. The first kappa shape index (κ1) is 32.4. The largest absolute Gasteiger partial charge is 0.507 e. The number of unbranched alkanes of at least 4 members (excludes halogenated alkanes) is 1. The Bertz CT molecular complexity index is 1300. The van der Waals surface area contributed by atoms with Crippen LogP contribution in [0.15, 0.2) is 42.0 Å². The molecule has 2 aliphatic heterocycles. The molecule has 4 rings (SSSR count). The number of amides is 1. The van der Waals surface area contributed by atoms with Gasteiger partial charge >= 0.3 is 0 Å². The standard InChI is InChI=1S/C34H46N2O7/c1-6-7-17-42-27-10-9-26(21-24(27)4)32(37)30-31(25-8-11-28(29(22-25)40-5)43-18-12-23(2)3)36(34(39)33(30)38)14-13-35-15-19-41-20-16-35/h8-11,21-23,31,37H,6-7,12-20H2,1-5H3. The van der Waals surface area contributed by atoms with Gasteiger partial charge in [-0.05, 0) is 67.1 Å². The van der Waals surface area contributed by atoms with Crippen molar-refractivity contribution in [2.24, 2.45) is 5.92 Å². The molecule has 1 unspecified atom stereocenters. The number of rotatable bonds is 14. The molecule has 9 heteroatoms. The third-order valence-corrected chi connectivity index (χ3v) is 7.96. The van der Waals surface area contributed by atoms with E-state index in [4.69, 9.17) is 18.9 Å². The van der Waals surface area contributed by atoms with Gasteiger partial charge in [-0.15, -0.1) is 0 Å². The molecule has 2 saturated heterocycles. The van der Waals surface area contributed by atoms with Gasteiger partial charge in [0, 0.05) is 31.7 Å². The number of nitrogens with zero attached hydrogens (tertiary/aromatic N) is 2. The van der Waals surface area contributed by atoms with Crippen LogP contribution in [0.25, 0.3) is 5.76 Å². The molecule has 2 aliphatic rings. The van der Waals surface area contributed by atoms with E-state index >= 15 is 0 Å². The fourth-order valence-electron chi connectivity index (χ4n) is 5.35. The third kappa shape index (κ3) is 7.89. The molecule has 0 bridgehead atoms. The van der Waals surface area contributed by atoms with E-state index in [-0.39, 0.29) is 11.3 Å². The van der Waals surface area contributed by atoms with E-state index in [9.17, 15) is 14.7 Å². The van der Waals surface area contributed by atoms with Crippen molar-refractivity contribution in [1.29, 1.82) is 0 Å². The number of aliphatic hydroxyl groups is 1. The van der Waals surface area contributed by atoms with Crippen molar-refractivity contribution >= 4 is 17.4 Å². The molecular weight excluding hydrogens is 548 g/mol. The predicted molar refractivity (Wildman–Crippen MR) is 166 cm³/mol. The van der Waals surface area contributed by atoms with Gasteiger partial charge in [-0.1, -0.05) is 33.3 Å². The first-order valence-corrected chi connectivity index (χ1v) is 15.4. The number of hydrogen-bond donors (Lipinski definition) is 1. The SMILES string of the molecule is CCCCOc1ccc(C(O)=C2C(=O)C(=O)N(CCN3CCOCC3)C2c2ccc(OCCC(C)C)c(OC)c2)cc1C. The van der Waals surface area contributed by atoms with Crippen LogP contribution >= 0.6 is 0 Å². The van der Waals surface area contributed by atoms with Crippen molar-refractivity contribution < 1.29 is 33.6 Å². The number of aliphatic hydroxyl groups excluding tert-OH is 1. The molecule has 2 heterocycles. The summed E-state index contributed by atoms with van der Waals surface area (Å²) >= 11 is 0. The molecule has 2 aromatic carbocycles. The average Bonchev–Trinajstić information content (AvgIpc) is 3.26. The Morgan fingerprint density at radius 3 is 2.40 bits per heavy atom. The van der Waals surface area contributed by atoms with Crippen LogP contribution in [0.4, 0.5) is 0 Å². The van der Waals surface area contributed by atoms with Crippen LogP contribution in [0.2, 0.25) is 0 Å². The number of morpholine rings is 1. The maximum atomic E-state index is 13.6. The number of methoxy groups -OCH3 is 1. The van der Waals surface area contributed by atoms with E-state index in [0.29, 0.717) is 68.1 Å². The van der Waals surface area contributed by atoms with Crippen molar-refractivity contribution in [3.05, 3.63) is 58.7 Å². The Morgan fingerprint density at radius 1 is 1.00 bits per heavy atom. The summed E-state index contributed by atoms with van der Waals surface area (Å²) in [7, 11) is 1.57. The maximum absolute atomic E-state index is 13.6. The zero-order valence-corrected chi connectivity index (χ0v) is 26.2. The van der Waals surface area contributed by atoms with E-state index < -0.39 is 17.7 Å². The molecule has 0 spiro atoms. The molecular formula is C34H46N2O7. The van der Waals surface area contributed by atoms with Crippen LogP contribution < -0.4 is 14.2 Å². The molecule has 0 aliphatic carbocycles. The molecule has 2 fully saturated rings. The van der Waals surface area contributed by atoms with Gasteiger partial charge in [0.05, 0.1) is 45.2 Å². The van der Waals surface area contributed by atoms with Crippen LogP contribution in [-0.4, -0.2) is 86.3 Å². The third-order valence-electron chi connectivity index (χ3n) is 7.96. The van der Waals surface area contributed by atoms with E-state index in [2.05, 4.69) is 25.7 Å². The zero-order chi connectivity index (χ0) is 30.9. The second kappa shape index (κ2) is 15.3. The quantitative estimate of drug-likeness (QED) is 0.135. The van der Waals surface area contributed by atoms with E-state index in [1.165, 1.54) is 0 Å². The number of hydrogen-bond acceptors (Lipinski definition) is 8. The summed E-state index contributed by atoms with van der Waals surface area (Å²) in [5.74, 6) is 0.767. The summed E-state index contributed by atoms with van der Waals surface area (Å²) in [6.45, 7) is 13.1. The Hall–Kier alpha value is -3.56. The molecule has 234 valence electrons. The molecule has 9 nitrogen and oxygen atoms in total. The normalized spacial score (nSPS) is 18.8. The molecule has 0 radical (unpaired) electrons. The number of benzene rings is 2. The number of Topliss-reactive ketones (excluding diaryl/α,β-unsaturated/α-hetero) is 1. The molecule has 1 atom stereocenters. The lowest BCUT2D eigenvalue weighted by Gasteiger charge is -2.31. The van der Waals surface area contributed by atoms with Crippen LogP contribution in [-0.2, 0) is 14.3 Å². The van der Waals surface area contributed by atoms with Crippen LogP contribution in [0, 0.1) is 12.8 Å². The lowest BCUT2D eigenvalue weighted by molar-refractivity contribution is -0.140. The number of carbonyl (C=O) groups excluding carboxylic acids is 2. The van der Waals surface area contributed by atoms with E-state index in [1.807, 2.05) is 19.1 Å². The molecule has 0 saturated carbocycles. The van der Waals surface area contributed by atoms with Crippen LogP contribution in [0.3, 0.4) is 0 Å². The summed E-state index contributed by atoms with van der Waals surface area (Å²) in [6, 6.07) is 9.98. The highest BCUT2D eigenvalue weighted by molar-refractivity contribution is 6.46. The fourth-order valence-corrected chi connectivity index (χ4v) is 5.35. The van der Waals surface area contributed by atoms with Gasteiger partial charge in [0.1, 0.15) is 11.5 Å². The predicted octanol–water partition coefficient (Wildman–Crippen LogP) is 5.36. The number of ketones is 1. The van der Waals surface area contributed by atoms with Gasteiger partial charge in [0.2, 0.25) is 0 Å². The van der Waals surface area contributed by atoms with Crippen molar-refractivity contribution in [1.82, 2.24) is 9.80 Å². The van der Waals surface area contributed by atoms with Gasteiger partial charge in [0.15, 0.2) is 11.5 Å². The van der Waals surface area contributed by atoms with Gasteiger partial charge in [0.25, 0.3) is 11.7 Å². The monoisotopic (exact) mass is 594 g/mol. The lowest BCUT2D eigenvalue weighted by atomic mass is 9.94. The number of likely N-dealkylation sites (tertiary alicyclic amines) is 1. The summed E-state index contributed by atoms with van der Waals surface area (Å²) in [5, 5.41) is 11.6. The van der Waals surface area contributed by atoms with Gasteiger partial charge in [-0.3, -0.25) is 14.5 Å². The second-order valence-corrected chi connectivity index (χ2v) is 11.6. The topological polar surface area (TPSA) is 97.8 Å². The second-order valence-electron chi connectivity index (χ2n) is 11.6.